The van der Waals surface area contributed by atoms with Crippen LogP contribution >= 0.6 is 0 Å². The largest absolute Gasteiger partial charge is 0.573 e. The molecule has 0 aliphatic carbocycles. The second kappa shape index (κ2) is 12.1. The molecular weight excluding hydrogens is 569 g/mol. The summed E-state index contributed by atoms with van der Waals surface area (Å²) in [5.41, 5.74) is 1.78. The average Bonchev–Trinajstić information content (AvgIpc) is 2.86. The van der Waals surface area contributed by atoms with Crippen LogP contribution in [0.5, 0.6) is 17.2 Å². The quantitative estimate of drug-likeness (QED) is 0.386. The molecule has 0 saturated carbocycles. The Balaban J connectivity index is 1.81. The van der Waals surface area contributed by atoms with E-state index in [1.807, 2.05) is 4.90 Å². The maximum atomic E-state index is 13.8. The van der Waals surface area contributed by atoms with Gasteiger partial charge in [0, 0.05) is 26.7 Å². The lowest BCUT2D eigenvalue weighted by atomic mass is 9.95. The number of hydrogen-bond donors (Lipinski definition) is 1. The smallest absolute Gasteiger partial charge is 0.457 e. The van der Waals surface area contributed by atoms with Gasteiger partial charge in [0.25, 0.3) is 16.0 Å². The summed E-state index contributed by atoms with van der Waals surface area (Å²) in [6, 6.07) is 9.67. The Kier molecular flexibility index (Phi) is 9.48. The van der Waals surface area contributed by atoms with E-state index in [9.17, 15) is 34.8 Å². The number of nitrogens with zero attached hydrogens (tertiary/aromatic N) is 1. The van der Waals surface area contributed by atoms with E-state index in [4.69, 9.17) is 9.47 Å². The lowest BCUT2D eigenvalue weighted by Crippen LogP contribution is -2.58. The van der Waals surface area contributed by atoms with Crippen LogP contribution < -0.4 is 15.0 Å². The van der Waals surface area contributed by atoms with E-state index >= 15 is 0 Å². The Hall–Kier alpha value is -2.92. The molecule has 0 atom stereocenters. The Morgan fingerprint density at radius 3 is 1.95 bits per heavy atom. The van der Waals surface area contributed by atoms with Gasteiger partial charge in [-0.2, -0.15) is 8.42 Å². The molecule has 3 rings (SSSR count). The second-order valence-corrected chi connectivity index (χ2v) is 12.5. The lowest BCUT2D eigenvalue weighted by Gasteiger charge is -2.39. The third kappa shape index (κ3) is 8.04. The normalized spacial score (nSPS) is 16.4. The predicted molar refractivity (Wildman–Crippen MR) is 131 cm³/mol. The number of sulfone groups is 1. The van der Waals surface area contributed by atoms with Gasteiger partial charge in [0.15, 0.2) is 14.6 Å². The van der Waals surface area contributed by atoms with Gasteiger partial charge in [-0.3, -0.25) is 4.79 Å². The lowest BCUT2D eigenvalue weighted by molar-refractivity contribution is -0.274. The van der Waals surface area contributed by atoms with Gasteiger partial charge in [-0.15, -0.1) is 17.5 Å². The zero-order valence-electron chi connectivity index (χ0n) is 20.9. The highest BCUT2D eigenvalue weighted by molar-refractivity contribution is 7.93. The summed E-state index contributed by atoms with van der Waals surface area (Å²) < 4.78 is 104. The Labute approximate surface area is 223 Å². The standard InChI is InChI=1S/C23H27F3N2O9S2/c1-34-16-15-28-13-11-22(12-14-28,21(29)27-37-38(2,30)31)39(32,33)20-9-7-18(8-10-20)35-17-3-5-19(6-4-17)36-23(24,25)26/h3-10H,11-16H2,1-2H3,(H,27,29). The number of methoxy groups -OCH3 is 1. The number of halogens is 3. The number of hydrogen-bond acceptors (Lipinski definition) is 10. The Bertz CT molecular complexity index is 1340. The molecule has 1 heterocycles. The van der Waals surface area contributed by atoms with Crippen LogP contribution in [0.25, 0.3) is 0 Å². The number of rotatable bonds is 11. The fourth-order valence-corrected chi connectivity index (χ4v) is 6.12. The zero-order chi connectivity index (χ0) is 28.9. The van der Waals surface area contributed by atoms with E-state index in [0.717, 1.165) is 12.1 Å². The number of nitrogens with one attached hydrogen (secondary N) is 1. The SMILES string of the molecule is COCCN1CCC(C(=O)NOS(C)(=O)=O)(S(=O)(=O)c2ccc(Oc3ccc(OC(F)(F)F)cc3)cc2)CC1. The highest BCUT2D eigenvalue weighted by Gasteiger charge is 2.53. The maximum absolute atomic E-state index is 13.8. The number of piperidine rings is 1. The highest BCUT2D eigenvalue weighted by Crippen LogP contribution is 2.37. The molecule has 1 aliphatic heterocycles. The molecule has 1 saturated heterocycles. The number of benzene rings is 2. The Morgan fingerprint density at radius 1 is 0.949 bits per heavy atom. The van der Waals surface area contributed by atoms with Gasteiger partial charge in [-0.05, 0) is 61.4 Å². The molecule has 1 N–H and O–H groups in total. The van der Waals surface area contributed by atoms with Gasteiger partial charge in [-0.25, -0.2) is 13.9 Å². The van der Waals surface area contributed by atoms with E-state index in [2.05, 4.69) is 9.02 Å². The molecule has 1 amide bonds. The predicted octanol–water partition coefficient (Wildman–Crippen LogP) is 2.64. The number of ether oxygens (including phenoxy) is 3. The van der Waals surface area contributed by atoms with Crippen LogP contribution in [0.2, 0.25) is 0 Å². The minimum absolute atomic E-state index is 0.136. The summed E-state index contributed by atoms with van der Waals surface area (Å²) >= 11 is 0. The molecule has 1 fully saturated rings. The first kappa shape index (κ1) is 30.6. The van der Waals surface area contributed by atoms with Gasteiger partial charge in [0.2, 0.25) is 0 Å². The van der Waals surface area contributed by atoms with E-state index in [1.165, 1.54) is 43.5 Å². The summed E-state index contributed by atoms with van der Waals surface area (Å²) in [5, 5.41) is 0. The van der Waals surface area contributed by atoms with Crippen molar-refractivity contribution in [2.24, 2.45) is 0 Å². The van der Waals surface area contributed by atoms with E-state index in [-0.39, 0.29) is 42.3 Å². The number of likely N-dealkylation sites (tertiary alicyclic amines) is 1. The zero-order valence-corrected chi connectivity index (χ0v) is 22.6. The molecule has 1 aliphatic rings. The molecule has 2 aromatic rings. The van der Waals surface area contributed by atoms with E-state index < -0.39 is 42.7 Å². The van der Waals surface area contributed by atoms with Gasteiger partial charge in [0.1, 0.15) is 17.2 Å². The number of alkyl halides is 3. The summed E-state index contributed by atoms with van der Waals surface area (Å²) in [4.78, 5) is 14.8. The first-order valence-electron chi connectivity index (χ1n) is 11.4. The van der Waals surface area contributed by atoms with Gasteiger partial charge in [-0.1, -0.05) is 0 Å². The topological polar surface area (TPSA) is 138 Å². The first-order chi connectivity index (χ1) is 18.1. The highest BCUT2D eigenvalue weighted by atomic mass is 32.2. The van der Waals surface area contributed by atoms with Crippen molar-refractivity contribution < 1.29 is 53.3 Å². The monoisotopic (exact) mass is 596 g/mol. The molecule has 0 bridgehead atoms. The molecule has 2 aromatic carbocycles. The number of carbonyl (C=O) groups excluding carboxylic acids is 1. The van der Waals surface area contributed by atoms with Gasteiger partial charge in [0.05, 0.1) is 17.8 Å². The fraction of sp³-hybridized carbons (Fsp3) is 0.435. The molecule has 0 radical (unpaired) electrons. The fourth-order valence-electron chi connectivity index (χ4n) is 3.94. The summed E-state index contributed by atoms with van der Waals surface area (Å²) in [6.45, 7) is 1.38. The van der Waals surface area contributed by atoms with E-state index in [0.29, 0.717) is 19.4 Å². The van der Waals surface area contributed by atoms with Crippen LogP contribution in [0.1, 0.15) is 12.8 Å². The third-order valence-electron chi connectivity index (χ3n) is 5.92. The van der Waals surface area contributed by atoms with Gasteiger partial charge < -0.3 is 19.1 Å². The molecule has 0 spiro atoms. The molecule has 216 valence electrons. The van der Waals surface area contributed by atoms with Crippen LogP contribution in [-0.2, 0) is 33.8 Å². The number of amides is 1. The number of hydroxylamine groups is 1. The van der Waals surface area contributed by atoms with Crippen molar-refractivity contribution in [1.29, 1.82) is 0 Å². The van der Waals surface area contributed by atoms with Crippen molar-refractivity contribution in [3.05, 3.63) is 48.5 Å². The van der Waals surface area contributed by atoms with Crippen molar-refractivity contribution in [2.45, 2.75) is 28.8 Å². The van der Waals surface area contributed by atoms with Crippen LogP contribution in [0.15, 0.2) is 53.4 Å². The van der Waals surface area contributed by atoms with Crippen molar-refractivity contribution in [2.75, 3.05) is 39.6 Å². The van der Waals surface area contributed by atoms with Crippen LogP contribution in [-0.4, -0.2) is 78.4 Å². The molecule has 0 unspecified atom stereocenters. The average molecular weight is 597 g/mol. The molecule has 11 nitrogen and oxygen atoms in total. The van der Waals surface area contributed by atoms with Crippen molar-refractivity contribution in [1.82, 2.24) is 10.4 Å². The molecule has 0 aromatic heterocycles. The van der Waals surface area contributed by atoms with Crippen LogP contribution in [0.4, 0.5) is 13.2 Å². The minimum Gasteiger partial charge on any atom is -0.457 e. The minimum atomic E-state index is -4.84. The summed E-state index contributed by atoms with van der Waals surface area (Å²) in [5.74, 6) is -1.21. The van der Waals surface area contributed by atoms with Crippen LogP contribution in [0, 0.1) is 0 Å². The maximum Gasteiger partial charge on any atom is 0.573 e. The first-order valence-corrected chi connectivity index (χ1v) is 14.7. The third-order valence-corrected chi connectivity index (χ3v) is 8.82. The molecule has 16 heteroatoms. The molecule has 39 heavy (non-hydrogen) atoms. The molecular formula is C23H27F3N2O9S2. The summed E-state index contributed by atoms with van der Waals surface area (Å²) in [7, 11) is -6.94. The second-order valence-electron chi connectivity index (χ2n) is 8.64. The van der Waals surface area contributed by atoms with Crippen molar-refractivity contribution in [3.63, 3.8) is 0 Å². The van der Waals surface area contributed by atoms with Crippen LogP contribution in [0.3, 0.4) is 0 Å². The van der Waals surface area contributed by atoms with Gasteiger partial charge >= 0.3 is 6.36 Å². The number of carbonyl (C=O) groups is 1. The van der Waals surface area contributed by atoms with Crippen molar-refractivity contribution >= 4 is 25.9 Å². The van der Waals surface area contributed by atoms with E-state index in [1.54, 1.807) is 5.48 Å². The van der Waals surface area contributed by atoms with Crippen molar-refractivity contribution in [3.8, 4) is 17.2 Å². The summed E-state index contributed by atoms with van der Waals surface area (Å²) in [6.07, 6.45) is -4.40. The Morgan fingerprint density at radius 2 is 1.46 bits per heavy atom.